The second-order valence-electron chi connectivity index (χ2n) is 3.71. The van der Waals surface area contributed by atoms with Gasteiger partial charge in [-0.2, -0.15) is 11.8 Å². The smallest absolute Gasteiger partial charge is 0.0442 e. The van der Waals surface area contributed by atoms with Crippen molar-refractivity contribution in [3.8, 4) is 0 Å². The van der Waals surface area contributed by atoms with Crippen molar-refractivity contribution in [2.24, 2.45) is 5.73 Å². The monoisotopic (exact) mass is 208 g/mol. The Kier molecular flexibility index (Phi) is 3.43. The van der Waals surface area contributed by atoms with Crippen LogP contribution in [0, 0.1) is 0 Å². The van der Waals surface area contributed by atoms with Gasteiger partial charge in [0, 0.05) is 30.1 Å². The minimum absolute atomic E-state index is 0.590. The van der Waals surface area contributed by atoms with E-state index in [9.17, 15) is 0 Å². The highest BCUT2D eigenvalue weighted by molar-refractivity contribution is 7.99. The van der Waals surface area contributed by atoms with Crippen molar-refractivity contribution < 1.29 is 0 Å². The van der Waals surface area contributed by atoms with E-state index in [-0.39, 0.29) is 0 Å². The molecule has 2 heterocycles. The maximum Gasteiger partial charge on any atom is 0.0442 e. The van der Waals surface area contributed by atoms with Crippen LogP contribution in [-0.4, -0.2) is 16.5 Å². The summed E-state index contributed by atoms with van der Waals surface area (Å²) in [6, 6.07) is 4.24. The number of nitrogens with two attached hydrogens (primary N) is 1. The van der Waals surface area contributed by atoms with E-state index >= 15 is 0 Å². The molecule has 2 N–H and O–H groups in total. The number of nitrogens with zero attached hydrogens (tertiary/aromatic N) is 1. The first kappa shape index (κ1) is 9.99. The van der Waals surface area contributed by atoms with Crippen molar-refractivity contribution >= 4 is 11.8 Å². The molecular formula is C11H16N2S. The SMILES string of the molecule is NCc1ccc(C2CCCSC2)nc1. The molecule has 0 aromatic carbocycles. The van der Waals surface area contributed by atoms with Gasteiger partial charge >= 0.3 is 0 Å². The lowest BCUT2D eigenvalue weighted by Gasteiger charge is -2.20. The van der Waals surface area contributed by atoms with E-state index in [1.54, 1.807) is 0 Å². The molecule has 1 unspecified atom stereocenters. The maximum atomic E-state index is 5.53. The summed E-state index contributed by atoms with van der Waals surface area (Å²) in [6.45, 7) is 0.590. The minimum atomic E-state index is 0.590. The molecule has 1 aromatic heterocycles. The van der Waals surface area contributed by atoms with E-state index < -0.39 is 0 Å². The van der Waals surface area contributed by atoms with Gasteiger partial charge in [-0.05, 0) is 30.2 Å². The van der Waals surface area contributed by atoms with Gasteiger partial charge in [-0.1, -0.05) is 6.07 Å². The Balaban J connectivity index is 2.07. The highest BCUT2D eigenvalue weighted by atomic mass is 32.2. The first-order valence-electron chi connectivity index (χ1n) is 5.13. The zero-order chi connectivity index (χ0) is 9.80. The molecule has 0 saturated carbocycles. The standard InChI is InChI=1S/C11H16N2S/c12-6-9-3-4-11(13-7-9)10-2-1-5-14-8-10/h3-4,7,10H,1-2,5-6,8,12H2. The molecule has 0 amide bonds. The van der Waals surface area contributed by atoms with E-state index in [2.05, 4.69) is 17.1 Å². The summed E-state index contributed by atoms with van der Waals surface area (Å²) in [5.74, 6) is 3.22. The fourth-order valence-corrected chi connectivity index (χ4v) is 2.93. The van der Waals surface area contributed by atoms with Gasteiger partial charge < -0.3 is 5.73 Å². The van der Waals surface area contributed by atoms with Crippen molar-refractivity contribution in [3.63, 3.8) is 0 Å². The van der Waals surface area contributed by atoms with Crippen LogP contribution in [-0.2, 0) is 6.54 Å². The summed E-state index contributed by atoms with van der Waals surface area (Å²) >= 11 is 2.04. The zero-order valence-corrected chi connectivity index (χ0v) is 9.09. The zero-order valence-electron chi connectivity index (χ0n) is 8.28. The first-order chi connectivity index (χ1) is 6.90. The molecule has 3 heteroatoms. The van der Waals surface area contributed by atoms with Crippen molar-refractivity contribution in [1.29, 1.82) is 0 Å². The lowest BCUT2D eigenvalue weighted by Crippen LogP contribution is -2.10. The van der Waals surface area contributed by atoms with Crippen LogP contribution in [0.1, 0.15) is 30.0 Å². The van der Waals surface area contributed by atoms with E-state index in [0.29, 0.717) is 12.5 Å². The van der Waals surface area contributed by atoms with Crippen molar-refractivity contribution in [2.45, 2.75) is 25.3 Å². The van der Waals surface area contributed by atoms with Gasteiger partial charge in [0.05, 0.1) is 0 Å². The average Bonchev–Trinajstić information content (AvgIpc) is 2.30. The first-order valence-corrected chi connectivity index (χ1v) is 6.28. The largest absolute Gasteiger partial charge is 0.326 e. The second-order valence-corrected chi connectivity index (χ2v) is 4.86. The van der Waals surface area contributed by atoms with E-state index in [1.807, 2.05) is 18.0 Å². The van der Waals surface area contributed by atoms with Crippen LogP contribution >= 0.6 is 11.8 Å². The van der Waals surface area contributed by atoms with Gasteiger partial charge in [0.25, 0.3) is 0 Å². The van der Waals surface area contributed by atoms with E-state index in [1.165, 1.54) is 30.0 Å². The quantitative estimate of drug-likeness (QED) is 0.809. The third-order valence-electron chi connectivity index (χ3n) is 2.66. The number of aromatic nitrogens is 1. The number of pyridine rings is 1. The summed E-state index contributed by atoms with van der Waals surface area (Å²) in [4.78, 5) is 4.48. The number of hydrogen-bond acceptors (Lipinski definition) is 3. The van der Waals surface area contributed by atoms with Gasteiger partial charge in [0.1, 0.15) is 0 Å². The Morgan fingerprint density at radius 1 is 1.50 bits per heavy atom. The highest BCUT2D eigenvalue weighted by Gasteiger charge is 2.16. The summed E-state index contributed by atoms with van der Waals surface area (Å²) < 4.78 is 0. The van der Waals surface area contributed by atoms with Gasteiger partial charge in [0.2, 0.25) is 0 Å². The molecule has 0 spiro atoms. The lowest BCUT2D eigenvalue weighted by atomic mass is 10.0. The van der Waals surface area contributed by atoms with Crippen LogP contribution in [0.2, 0.25) is 0 Å². The topological polar surface area (TPSA) is 38.9 Å². The van der Waals surface area contributed by atoms with Crippen LogP contribution < -0.4 is 5.73 Å². The summed E-state index contributed by atoms with van der Waals surface area (Å²) in [5, 5.41) is 0. The summed E-state index contributed by atoms with van der Waals surface area (Å²) in [7, 11) is 0. The normalized spacial score (nSPS) is 22.2. The van der Waals surface area contributed by atoms with Crippen molar-refractivity contribution in [3.05, 3.63) is 29.6 Å². The molecule has 14 heavy (non-hydrogen) atoms. The Hall–Kier alpha value is -0.540. The third kappa shape index (κ3) is 2.28. The van der Waals surface area contributed by atoms with Crippen LogP contribution in [0.4, 0.5) is 0 Å². The van der Waals surface area contributed by atoms with Gasteiger partial charge in [0.15, 0.2) is 0 Å². The van der Waals surface area contributed by atoms with Crippen molar-refractivity contribution in [2.75, 3.05) is 11.5 Å². The van der Waals surface area contributed by atoms with Crippen LogP contribution in [0.15, 0.2) is 18.3 Å². The minimum Gasteiger partial charge on any atom is -0.326 e. The summed E-state index contributed by atoms with van der Waals surface area (Å²) in [6.07, 6.45) is 4.53. The van der Waals surface area contributed by atoms with Crippen molar-refractivity contribution in [1.82, 2.24) is 4.98 Å². The predicted molar refractivity (Wildman–Crippen MR) is 61.4 cm³/mol. The third-order valence-corrected chi connectivity index (χ3v) is 3.88. The van der Waals surface area contributed by atoms with Gasteiger partial charge in [-0.25, -0.2) is 0 Å². The Morgan fingerprint density at radius 3 is 3.00 bits per heavy atom. The molecule has 1 atom stereocenters. The molecule has 2 rings (SSSR count). The van der Waals surface area contributed by atoms with Crippen LogP contribution in [0.5, 0.6) is 0 Å². The van der Waals surface area contributed by atoms with E-state index in [4.69, 9.17) is 5.73 Å². The molecule has 0 radical (unpaired) electrons. The van der Waals surface area contributed by atoms with Gasteiger partial charge in [-0.3, -0.25) is 4.98 Å². The molecular weight excluding hydrogens is 192 g/mol. The van der Waals surface area contributed by atoms with Gasteiger partial charge in [-0.15, -0.1) is 0 Å². The number of hydrogen-bond donors (Lipinski definition) is 1. The molecule has 2 nitrogen and oxygen atoms in total. The Morgan fingerprint density at radius 2 is 2.43 bits per heavy atom. The highest BCUT2D eigenvalue weighted by Crippen LogP contribution is 2.29. The van der Waals surface area contributed by atoms with E-state index in [0.717, 1.165) is 5.56 Å². The molecule has 1 saturated heterocycles. The molecule has 1 aliphatic rings. The molecule has 1 aliphatic heterocycles. The fourth-order valence-electron chi connectivity index (χ4n) is 1.77. The van der Waals surface area contributed by atoms with Crippen LogP contribution in [0.3, 0.4) is 0 Å². The Labute approximate surface area is 89.3 Å². The molecule has 76 valence electrons. The Bertz CT molecular complexity index is 278. The summed E-state index contributed by atoms with van der Waals surface area (Å²) in [5.41, 5.74) is 7.90. The molecule has 0 bridgehead atoms. The molecule has 1 fully saturated rings. The molecule has 0 aliphatic carbocycles. The number of rotatable bonds is 2. The number of thioether (sulfide) groups is 1. The molecule has 1 aromatic rings. The van der Waals surface area contributed by atoms with Crippen LogP contribution in [0.25, 0.3) is 0 Å². The average molecular weight is 208 g/mol. The lowest BCUT2D eigenvalue weighted by molar-refractivity contribution is 0.642. The predicted octanol–water partition coefficient (Wildman–Crippen LogP) is 2.15. The maximum absolute atomic E-state index is 5.53. The fraction of sp³-hybridized carbons (Fsp3) is 0.545. The second kappa shape index (κ2) is 4.80.